The van der Waals surface area contributed by atoms with Gasteiger partial charge in [0, 0.05) is 0 Å². The molecule has 1 aliphatic rings. The van der Waals surface area contributed by atoms with E-state index >= 15 is 0 Å². The summed E-state index contributed by atoms with van der Waals surface area (Å²) in [4.78, 5) is 0. The van der Waals surface area contributed by atoms with Gasteiger partial charge in [-0.3, -0.25) is 0 Å². The lowest BCUT2D eigenvalue weighted by Crippen LogP contribution is -2.11. The molecule has 1 N–H and O–H groups in total. The van der Waals surface area contributed by atoms with E-state index in [4.69, 9.17) is 14.2 Å². The molecule has 0 aliphatic carbocycles. The molecule has 0 amide bonds. The molecule has 0 saturated heterocycles. The predicted molar refractivity (Wildman–Crippen MR) is 66.3 cm³/mol. The minimum Gasteiger partial charge on any atom is -0.454 e. The molecule has 4 nitrogen and oxygen atoms in total. The van der Waals surface area contributed by atoms with Crippen LogP contribution in [0, 0.1) is 0 Å². The molecule has 0 fully saturated rings. The van der Waals surface area contributed by atoms with Gasteiger partial charge >= 0.3 is 0 Å². The highest BCUT2D eigenvalue weighted by molar-refractivity contribution is 9.10. The Bertz CT molecular complexity index is 406. The van der Waals surface area contributed by atoms with Crippen LogP contribution in [0.25, 0.3) is 0 Å². The topological polar surface area (TPSA) is 47.9 Å². The molecule has 1 atom stereocenters. The second-order valence-corrected chi connectivity index (χ2v) is 4.99. The van der Waals surface area contributed by atoms with Crippen LogP contribution in [-0.4, -0.2) is 24.6 Å². The number of hydrogen-bond donors (Lipinski definition) is 1. The molecule has 94 valence electrons. The van der Waals surface area contributed by atoms with E-state index in [2.05, 4.69) is 15.9 Å². The Morgan fingerprint density at radius 3 is 2.88 bits per heavy atom. The van der Waals surface area contributed by atoms with E-state index in [-0.39, 0.29) is 19.5 Å². The van der Waals surface area contributed by atoms with Crippen molar-refractivity contribution in [1.29, 1.82) is 0 Å². The monoisotopic (exact) mass is 302 g/mol. The van der Waals surface area contributed by atoms with Gasteiger partial charge in [-0.15, -0.1) is 0 Å². The van der Waals surface area contributed by atoms with Crippen molar-refractivity contribution in [3.8, 4) is 11.5 Å². The van der Waals surface area contributed by atoms with Crippen molar-refractivity contribution < 1.29 is 19.3 Å². The fraction of sp³-hybridized carbons (Fsp3) is 0.500. The van der Waals surface area contributed by atoms with E-state index in [1.165, 1.54) is 0 Å². The predicted octanol–water partition coefficient (Wildman–Crippen LogP) is 2.64. The number of benzene rings is 1. The molecule has 0 aromatic heterocycles. The number of rotatable bonds is 4. The maximum absolute atomic E-state index is 9.98. The first-order valence-electron chi connectivity index (χ1n) is 5.46. The highest BCUT2D eigenvalue weighted by atomic mass is 79.9. The molecule has 5 heteroatoms. The van der Waals surface area contributed by atoms with Crippen LogP contribution in [0.15, 0.2) is 16.6 Å². The Morgan fingerprint density at radius 1 is 1.41 bits per heavy atom. The Morgan fingerprint density at radius 2 is 2.18 bits per heavy atom. The summed E-state index contributed by atoms with van der Waals surface area (Å²) in [6.07, 6.45) is -0.565. The lowest BCUT2D eigenvalue weighted by Gasteiger charge is -2.14. The molecule has 1 aromatic carbocycles. The molecule has 17 heavy (non-hydrogen) atoms. The molecule has 0 spiro atoms. The molecular formula is C12H15BrO4. The maximum Gasteiger partial charge on any atom is 0.231 e. The van der Waals surface area contributed by atoms with Crippen LogP contribution in [0.4, 0.5) is 0 Å². The number of fused-ring (bicyclic) bond motifs is 1. The van der Waals surface area contributed by atoms with Crippen LogP contribution < -0.4 is 9.47 Å². The van der Waals surface area contributed by atoms with Gasteiger partial charge in [0.2, 0.25) is 6.79 Å². The van der Waals surface area contributed by atoms with Crippen LogP contribution in [0.3, 0.4) is 0 Å². The zero-order valence-corrected chi connectivity index (χ0v) is 11.4. The quantitative estimate of drug-likeness (QED) is 0.929. The van der Waals surface area contributed by atoms with Gasteiger partial charge in [-0.2, -0.15) is 0 Å². The minimum absolute atomic E-state index is 0.0992. The Kier molecular flexibility index (Phi) is 3.91. The van der Waals surface area contributed by atoms with Gasteiger partial charge in [0.15, 0.2) is 11.5 Å². The lowest BCUT2D eigenvalue weighted by molar-refractivity contribution is 0.00485. The largest absolute Gasteiger partial charge is 0.454 e. The molecule has 0 bridgehead atoms. The third kappa shape index (κ3) is 2.91. The molecule has 0 saturated carbocycles. The second kappa shape index (κ2) is 5.25. The first kappa shape index (κ1) is 12.7. The van der Waals surface area contributed by atoms with E-state index in [1.54, 1.807) is 6.07 Å². The molecule has 1 aromatic rings. The second-order valence-electron chi connectivity index (χ2n) is 4.13. The van der Waals surface area contributed by atoms with Crippen LogP contribution in [0.5, 0.6) is 11.5 Å². The summed E-state index contributed by atoms with van der Waals surface area (Å²) in [5, 5.41) is 9.98. The first-order chi connectivity index (χ1) is 8.08. The Hall–Kier alpha value is -0.780. The van der Waals surface area contributed by atoms with Crippen molar-refractivity contribution in [3.05, 3.63) is 22.2 Å². The number of halogens is 1. The third-order valence-corrected chi connectivity index (χ3v) is 3.01. The van der Waals surface area contributed by atoms with Gasteiger partial charge in [0.05, 0.1) is 17.2 Å². The van der Waals surface area contributed by atoms with Crippen molar-refractivity contribution in [2.24, 2.45) is 0 Å². The summed E-state index contributed by atoms with van der Waals surface area (Å²) in [6.45, 7) is 4.35. The summed E-state index contributed by atoms with van der Waals surface area (Å²) in [5.41, 5.74) is 0.752. The van der Waals surface area contributed by atoms with E-state index in [9.17, 15) is 5.11 Å². The van der Waals surface area contributed by atoms with E-state index in [0.29, 0.717) is 11.5 Å². The average Bonchev–Trinajstić information content (AvgIpc) is 2.74. The average molecular weight is 303 g/mol. The van der Waals surface area contributed by atoms with Crippen molar-refractivity contribution in [2.75, 3.05) is 13.4 Å². The van der Waals surface area contributed by atoms with Crippen molar-refractivity contribution >= 4 is 15.9 Å². The molecule has 1 aliphatic heterocycles. The van der Waals surface area contributed by atoms with E-state index in [0.717, 1.165) is 10.0 Å². The SMILES string of the molecule is CC(C)OCC(O)c1cc(Br)c2c(c1)OCO2. The third-order valence-electron chi connectivity index (χ3n) is 2.42. The summed E-state index contributed by atoms with van der Waals surface area (Å²) in [6, 6.07) is 3.60. The Labute approximate surface area is 109 Å². The van der Waals surface area contributed by atoms with Crippen LogP contribution >= 0.6 is 15.9 Å². The molecule has 1 heterocycles. The van der Waals surface area contributed by atoms with Gasteiger partial charge in [-0.05, 0) is 47.5 Å². The number of aliphatic hydroxyl groups is 1. The summed E-state index contributed by atoms with van der Waals surface area (Å²) >= 11 is 3.39. The summed E-state index contributed by atoms with van der Waals surface area (Å²) < 4.78 is 16.7. The number of ether oxygens (including phenoxy) is 3. The van der Waals surface area contributed by atoms with Gasteiger partial charge in [0.25, 0.3) is 0 Å². The van der Waals surface area contributed by atoms with E-state index in [1.807, 2.05) is 19.9 Å². The minimum atomic E-state index is -0.664. The van der Waals surface area contributed by atoms with Gasteiger partial charge in [-0.1, -0.05) is 0 Å². The van der Waals surface area contributed by atoms with Crippen LogP contribution in [-0.2, 0) is 4.74 Å². The number of aliphatic hydroxyl groups excluding tert-OH is 1. The maximum atomic E-state index is 9.98. The van der Waals surface area contributed by atoms with Gasteiger partial charge in [-0.25, -0.2) is 0 Å². The van der Waals surface area contributed by atoms with E-state index < -0.39 is 6.10 Å². The summed E-state index contributed by atoms with van der Waals surface area (Å²) in [7, 11) is 0. The summed E-state index contributed by atoms with van der Waals surface area (Å²) in [5.74, 6) is 1.34. The zero-order chi connectivity index (χ0) is 12.4. The van der Waals surface area contributed by atoms with Crippen molar-refractivity contribution in [1.82, 2.24) is 0 Å². The molecule has 0 radical (unpaired) electrons. The Balaban J connectivity index is 2.13. The zero-order valence-electron chi connectivity index (χ0n) is 9.77. The fourth-order valence-corrected chi connectivity index (χ4v) is 2.13. The normalized spacial score (nSPS) is 15.4. The van der Waals surface area contributed by atoms with Gasteiger partial charge < -0.3 is 19.3 Å². The van der Waals surface area contributed by atoms with Crippen molar-refractivity contribution in [3.63, 3.8) is 0 Å². The lowest BCUT2D eigenvalue weighted by atomic mass is 10.1. The molecule has 2 rings (SSSR count). The molecule has 1 unspecified atom stereocenters. The van der Waals surface area contributed by atoms with Crippen molar-refractivity contribution in [2.45, 2.75) is 26.1 Å². The molecular weight excluding hydrogens is 288 g/mol. The number of hydrogen-bond acceptors (Lipinski definition) is 4. The first-order valence-corrected chi connectivity index (χ1v) is 6.26. The smallest absolute Gasteiger partial charge is 0.231 e. The highest BCUT2D eigenvalue weighted by Crippen LogP contribution is 2.41. The van der Waals surface area contributed by atoms with Crippen LogP contribution in [0.2, 0.25) is 0 Å². The highest BCUT2D eigenvalue weighted by Gasteiger charge is 2.20. The van der Waals surface area contributed by atoms with Crippen LogP contribution in [0.1, 0.15) is 25.5 Å². The fourth-order valence-electron chi connectivity index (χ4n) is 1.56. The van der Waals surface area contributed by atoms with Gasteiger partial charge in [0.1, 0.15) is 6.10 Å². The standard InChI is InChI=1S/C12H15BrO4/c1-7(2)15-5-10(14)8-3-9(13)12-11(4-8)16-6-17-12/h3-4,7,10,14H,5-6H2,1-2H3.